The van der Waals surface area contributed by atoms with Crippen molar-refractivity contribution < 1.29 is 0 Å². The Kier molecular flexibility index (Phi) is 2.65. The fourth-order valence-electron chi connectivity index (χ4n) is 0.896. The van der Waals surface area contributed by atoms with E-state index in [9.17, 15) is 0 Å². The summed E-state index contributed by atoms with van der Waals surface area (Å²) < 4.78 is 0.533. The minimum absolute atomic E-state index is 0.124. The second-order valence-electron chi connectivity index (χ2n) is 2.18. The van der Waals surface area contributed by atoms with E-state index in [0.717, 1.165) is 0 Å². The first-order valence-electron chi connectivity index (χ1n) is 3.27. The van der Waals surface area contributed by atoms with Crippen molar-refractivity contribution in [3.63, 3.8) is 0 Å². The highest BCUT2D eigenvalue weighted by atomic mass is 79.9. The van der Waals surface area contributed by atoms with Crippen LogP contribution in [0.4, 0.5) is 0 Å². The second-order valence-corrected chi connectivity index (χ2v) is 3.03. The van der Waals surface area contributed by atoms with Crippen LogP contribution in [0.3, 0.4) is 0 Å². The average molecular weight is 232 g/mol. The van der Waals surface area contributed by atoms with Crippen molar-refractivity contribution in [1.82, 2.24) is 0 Å². The molecular weight excluding hydrogens is 230 g/mol. The number of hydrogen-bond acceptors (Lipinski definition) is 3. The van der Waals surface area contributed by atoms with Gasteiger partial charge in [-0.2, -0.15) is 15.8 Å². The van der Waals surface area contributed by atoms with Gasteiger partial charge in [-0.05, 0) is 28.1 Å². The first-order chi connectivity index (χ1) is 6.24. The van der Waals surface area contributed by atoms with Crippen molar-refractivity contribution in [3.05, 3.63) is 33.3 Å². The van der Waals surface area contributed by atoms with Gasteiger partial charge in [-0.3, -0.25) is 0 Å². The van der Waals surface area contributed by atoms with Crippen molar-refractivity contribution in [2.45, 2.75) is 0 Å². The van der Waals surface area contributed by atoms with Gasteiger partial charge in [0.15, 0.2) is 0 Å². The van der Waals surface area contributed by atoms with Crippen LogP contribution >= 0.6 is 15.9 Å². The SMILES string of the molecule is N#Cc1ccc(Br)c(C#N)c1C#N. The molecule has 4 heteroatoms. The summed E-state index contributed by atoms with van der Waals surface area (Å²) in [7, 11) is 0. The van der Waals surface area contributed by atoms with E-state index in [2.05, 4.69) is 15.9 Å². The van der Waals surface area contributed by atoms with Gasteiger partial charge >= 0.3 is 0 Å². The van der Waals surface area contributed by atoms with Crippen molar-refractivity contribution in [1.29, 1.82) is 15.8 Å². The molecule has 0 spiro atoms. The van der Waals surface area contributed by atoms with Gasteiger partial charge in [-0.1, -0.05) is 0 Å². The third-order valence-electron chi connectivity index (χ3n) is 1.50. The van der Waals surface area contributed by atoms with Gasteiger partial charge in [0.25, 0.3) is 0 Å². The number of halogens is 1. The molecule has 0 radical (unpaired) electrons. The molecule has 1 aromatic rings. The molecule has 0 amide bonds. The molecular formula is C9H2BrN3. The van der Waals surface area contributed by atoms with Gasteiger partial charge in [-0.25, -0.2) is 0 Å². The van der Waals surface area contributed by atoms with Crippen LogP contribution < -0.4 is 0 Å². The molecule has 0 saturated heterocycles. The number of benzene rings is 1. The molecule has 0 atom stereocenters. The number of rotatable bonds is 0. The molecule has 13 heavy (non-hydrogen) atoms. The normalized spacial score (nSPS) is 8.15. The zero-order chi connectivity index (χ0) is 9.84. The Morgan fingerprint density at radius 1 is 0.923 bits per heavy atom. The van der Waals surface area contributed by atoms with Crippen molar-refractivity contribution in [2.75, 3.05) is 0 Å². The van der Waals surface area contributed by atoms with E-state index in [0.29, 0.717) is 4.47 Å². The van der Waals surface area contributed by atoms with Crippen molar-refractivity contribution in [2.24, 2.45) is 0 Å². The second kappa shape index (κ2) is 3.72. The average Bonchev–Trinajstić information content (AvgIpc) is 2.17. The Bertz CT molecular complexity index is 471. The molecule has 0 saturated carbocycles. The molecule has 0 bridgehead atoms. The Labute approximate surface area is 83.6 Å². The standard InChI is InChI=1S/C9H2BrN3/c10-9-2-1-6(3-11)7(4-12)8(9)5-13/h1-2H. The molecule has 0 unspecified atom stereocenters. The summed E-state index contributed by atoms with van der Waals surface area (Å²) in [6.45, 7) is 0. The van der Waals surface area contributed by atoms with Crippen LogP contribution in [0.15, 0.2) is 16.6 Å². The molecule has 0 N–H and O–H groups in total. The summed E-state index contributed by atoms with van der Waals surface area (Å²) in [5.41, 5.74) is 0.558. The van der Waals surface area contributed by atoms with E-state index in [1.54, 1.807) is 6.07 Å². The van der Waals surface area contributed by atoms with Gasteiger partial charge in [-0.15, -0.1) is 0 Å². The highest BCUT2D eigenvalue weighted by Gasteiger charge is 2.10. The Balaban J connectivity index is 3.63. The molecule has 1 aromatic carbocycles. The Hall–Kier alpha value is -1.83. The minimum Gasteiger partial charge on any atom is -0.192 e. The van der Waals surface area contributed by atoms with Crippen LogP contribution in [0, 0.1) is 34.0 Å². The smallest absolute Gasteiger partial charge is 0.102 e. The van der Waals surface area contributed by atoms with Gasteiger partial charge in [0, 0.05) is 4.47 Å². The van der Waals surface area contributed by atoms with Crippen LogP contribution in [0.1, 0.15) is 16.7 Å². The monoisotopic (exact) mass is 231 g/mol. The van der Waals surface area contributed by atoms with E-state index >= 15 is 0 Å². The lowest BCUT2D eigenvalue weighted by atomic mass is 10.0. The molecule has 0 fully saturated rings. The fraction of sp³-hybridized carbons (Fsp3) is 0. The molecule has 0 aromatic heterocycles. The summed E-state index contributed by atoms with van der Waals surface area (Å²) in [6.07, 6.45) is 0. The van der Waals surface area contributed by atoms with Crippen LogP contribution in [0.2, 0.25) is 0 Å². The molecule has 3 nitrogen and oxygen atoms in total. The van der Waals surface area contributed by atoms with Gasteiger partial charge in [0.1, 0.15) is 18.2 Å². The van der Waals surface area contributed by atoms with Crippen LogP contribution in [-0.2, 0) is 0 Å². The zero-order valence-corrected chi connectivity index (χ0v) is 7.96. The molecule has 60 valence electrons. The number of nitriles is 3. The molecule has 0 aliphatic carbocycles. The highest BCUT2D eigenvalue weighted by Crippen LogP contribution is 2.22. The van der Waals surface area contributed by atoms with E-state index in [4.69, 9.17) is 15.8 Å². The summed E-state index contributed by atoms with van der Waals surface area (Å²) in [5.74, 6) is 0. The topological polar surface area (TPSA) is 71.4 Å². The fourth-order valence-corrected chi connectivity index (χ4v) is 1.31. The lowest BCUT2D eigenvalue weighted by Crippen LogP contribution is -1.90. The predicted octanol–water partition coefficient (Wildman–Crippen LogP) is 2.06. The van der Waals surface area contributed by atoms with E-state index in [1.165, 1.54) is 6.07 Å². The van der Waals surface area contributed by atoms with E-state index < -0.39 is 0 Å². The number of nitrogens with zero attached hydrogens (tertiary/aromatic N) is 3. The first-order valence-corrected chi connectivity index (χ1v) is 4.06. The van der Waals surface area contributed by atoms with Crippen LogP contribution in [0.25, 0.3) is 0 Å². The van der Waals surface area contributed by atoms with Gasteiger partial charge in [0.05, 0.1) is 16.7 Å². The Morgan fingerprint density at radius 2 is 1.54 bits per heavy atom. The maximum absolute atomic E-state index is 8.71. The third-order valence-corrected chi connectivity index (χ3v) is 2.16. The Morgan fingerprint density at radius 3 is 2.00 bits per heavy atom. The van der Waals surface area contributed by atoms with Gasteiger partial charge < -0.3 is 0 Å². The summed E-state index contributed by atoms with van der Waals surface area (Å²) in [5, 5.41) is 26.1. The number of hydrogen-bond donors (Lipinski definition) is 0. The zero-order valence-electron chi connectivity index (χ0n) is 6.37. The highest BCUT2D eigenvalue weighted by molar-refractivity contribution is 9.10. The predicted molar refractivity (Wildman–Crippen MR) is 48.3 cm³/mol. The van der Waals surface area contributed by atoms with Crippen LogP contribution in [-0.4, -0.2) is 0 Å². The summed E-state index contributed by atoms with van der Waals surface area (Å²) in [6, 6.07) is 8.64. The molecule has 1 rings (SSSR count). The van der Waals surface area contributed by atoms with Gasteiger partial charge in [0.2, 0.25) is 0 Å². The molecule has 0 aliphatic rings. The van der Waals surface area contributed by atoms with E-state index in [-0.39, 0.29) is 16.7 Å². The largest absolute Gasteiger partial charge is 0.192 e. The third kappa shape index (κ3) is 1.51. The van der Waals surface area contributed by atoms with Crippen LogP contribution in [0.5, 0.6) is 0 Å². The van der Waals surface area contributed by atoms with Crippen molar-refractivity contribution >= 4 is 15.9 Å². The van der Waals surface area contributed by atoms with E-state index in [1.807, 2.05) is 18.2 Å². The lowest BCUT2D eigenvalue weighted by molar-refractivity contribution is 1.38. The maximum atomic E-state index is 8.71. The molecule has 0 aliphatic heterocycles. The molecule has 0 heterocycles. The summed E-state index contributed by atoms with van der Waals surface area (Å²) in [4.78, 5) is 0. The van der Waals surface area contributed by atoms with Crippen molar-refractivity contribution in [3.8, 4) is 18.2 Å². The quantitative estimate of drug-likeness (QED) is 0.687. The maximum Gasteiger partial charge on any atom is 0.102 e. The summed E-state index contributed by atoms with van der Waals surface area (Å²) >= 11 is 3.13. The lowest BCUT2D eigenvalue weighted by Gasteiger charge is -1.98. The minimum atomic E-state index is 0.124. The first kappa shape index (κ1) is 9.26.